The molecule has 1 aromatic heterocycles. The van der Waals surface area contributed by atoms with E-state index in [1.165, 1.54) is 10.3 Å². The Morgan fingerprint density at radius 1 is 0.964 bits per heavy atom. The van der Waals surface area contributed by atoms with E-state index in [2.05, 4.69) is 107 Å². The predicted molar refractivity (Wildman–Crippen MR) is 122 cm³/mol. The highest BCUT2D eigenvalue weighted by Crippen LogP contribution is 2.44. The standard InChI is InChI=1S/C24H18BrN2S/c1-16(24-26-20-12-6-8-14-22(20)28-24)19-15-17-9-5-7-13-21(17)27(23(19)25)18-10-3-2-4-11-18/h2-14,16,23H,1H3/q+1. The fourth-order valence-corrected chi connectivity index (χ4v) is 5.65. The van der Waals surface area contributed by atoms with Gasteiger partial charge >= 0.3 is 0 Å². The molecule has 4 aromatic rings. The number of alkyl halides is 1. The molecular weight excluding hydrogens is 428 g/mol. The van der Waals surface area contributed by atoms with Crippen molar-refractivity contribution in [3.63, 3.8) is 0 Å². The third kappa shape index (κ3) is 2.94. The van der Waals surface area contributed by atoms with Crippen LogP contribution in [0.25, 0.3) is 10.2 Å². The van der Waals surface area contributed by atoms with E-state index >= 15 is 0 Å². The summed E-state index contributed by atoms with van der Waals surface area (Å²) in [6, 6.07) is 27.3. The number of aromatic nitrogens is 1. The first-order valence-electron chi connectivity index (χ1n) is 9.29. The molecule has 136 valence electrons. The van der Waals surface area contributed by atoms with Crippen molar-refractivity contribution in [1.29, 1.82) is 0 Å². The Morgan fingerprint density at radius 3 is 2.50 bits per heavy atom. The summed E-state index contributed by atoms with van der Waals surface area (Å²) in [6.07, 6.45) is 3.68. The van der Waals surface area contributed by atoms with E-state index in [1.54, 1.807) is 11.3 Å². The van der Waals surface area contributed by atoms with Gasteiger partial charge in [0.25, 0.3) is 0 Å². The second-order valence-corrected chi connectivity index (χ2v) is 8.81. The monoisotopic (exact) mass is 445 g/mol. The van der Waals surface area contributed by atoms with Crippen LogP contribution in [-0.4, -0.2) is 9.94 Å². The summed E-state index contributed by atoms with van der Waals surface area (Å²) >= 11 is 5.74. The second kappa shape index (κ2) is 7.14. The number of anilines is 2. The summed E-state index contributed by atoms with van der Waals surface area (Å²) in [5.74, 6) is 0.168. The molecule has 0 saturated carbocycles. The molecule has 0 amide bonds. The molecular formula is C24H18BrN2S+. The highest BCUT2D eigenvalue weighted by molar-refractivity contribution is 9.09. The van der Waals surface area contributed by atoms with Crippen molar-refractivity contribution >= 4 is 48.9 Å². The van der Waals surface area contributed by atoms with Gasteiger partial charge in [-0.1, -0.05) is 53.2 Å². The summed E-state index contributed by atoms with van der Waals surface area (Å²) in [6.45, 7) is 2.23. The second-order valence-electron chi connectivity index (χ2n) is 6.88. The third-order valence-electron chi connectivity index (χ3n) is 5.11. The fraction of sp³-hybridized carbons (Fsp3) is 0.125. The lowest BCUT2D eigenvalue weighted by Crippen LogP contribution is -2.33. The van der Waals surface area contributed by atoms with E-state index in [0.29, 0.717) is 0 Å². The topological polar surface area (TPSA) is 16.1 Å². The zero-order valence-electron chi connectivity index (χ0n) is 15.3. The molecule has 5 rings (SSSR count). The molecule has 0 radical (unpaired) electrons. The molecule has 0 aliphatic carbocycles. The summed E-state index contributed by atoms with van der Waals surface area (Å²) in [4.78, 5) is 7.25. The Morgan fingerprint density at radius 2 is 1.68 bits per heavy atom. The maximum Gasteiger partial charge on any atom is 0.212 e. The number of nitrogens with zero attached hydrogens (tertiary/aromatic N) is 2. The van der Waals surface area contributed by atoms with Crippen LogP contribution in [0.15, 0.2) is 84.4 Å². The zero-order chi connectivity index (χ0) is 19.1. The lowest BCUT2D eigenvalue weighted by molar-refractivity contribution is 0.799. The zero-order valence-corrected chi connectivity index (χ0v) is 17.7. The molecule has 2 atom stereocenters. The third-order valence-corrected chi connectivity index (χ3v) is 7.23. The number of thiazole rings is 1. The van der Waals surface area contributed by atoms with Crippen molar-refractivity contribution in [2.24, 2.45) is 0 Å². The van der Waals surface area contributed by atoms with Crippen LogP contribution < -0.4 is 4.90 Å². The Kier molecular flexibility index (Phi) is 4.48. The number of fused-ring (bicyclic) bond motifs is 2. The van der Waals surface area contributed by atoms with Crippen molar-refractivity contribution in [2.45, 2.75) is 17.8 Å². The molecule has 0 saturated heterocycles. The maximum atomic E-state index is 4.89. The highest BCUT2D eigenvalue weighted by atomic mass is 79.9. The minimum absolute atomic E-state index is 0.0202. The van der Waals surface area contributed by atoms with Gasteiger partial charge in [-0.05, 0) is 36.4 Å². The predicted octanol–water partition coefficient (Wildman–Crippen LogP) is 7.05. The molecule has 0 bridgehead atoms. The Hall–Kier alpha value is -2.52. The SMILES string of the molecule is CC(C1=[C+]c2ccccc2N(c2ccccc2)C1Br)c1nc2ccccc2s1. The van der Waals surface area contributed by atoms with Crippen molar-refractivity contribution in [3.05, 3.63) is 101 Å². The molecule has 4 heteroatoms. The van der Waals surface area contributed by atoms with Gasteiger partial charge in [-0.2, -0.15) is 0 Å². The van der Waals surface area contributed by atoms with E-state index in [1.807, 2.05) is 6.07 Å². The van der Waals surface area contributed by atoms with Crippen molar-refractivity contribution in [2.75, 3.05) is 4.90 Å². The van der Waals surface area contributed by atoms with Crippen LogP contribution in [0.1, 0.15) is 23.4 Å². The van der Waals surface area contributed by atoms with E-state index in [4.69, 9.17) is 4.98 Å². The molecule has 1 aliphatic heterocycles. The molecule has 3 aromatic carbocycles. The van der Waals surface area contributed by atoms with Crippen LogP contribution in [0.2, 0.25) is 0 Å². The van der Waals surface area contributed by atoms with Gasteiger partial charge in [0.05, 0.1) is 39.5 Å². The molecule has 2 nitrogen and oxygen atoms in total. The molecule has 2 unspecified atom stereocenters. The fourth-order valence-electron chi connectivity index (χ4n) is 3.65. The number of halogens is 1. The van der Waals surface area contributed by atoms with Crippen molar-refractivity contribution in [3.8, 4) is 0 Å². The van der Waals surface area contributed by atoms with Gasteiger partial charge in [-0.3, -0.25) is 4.90 Å². The minimum Gasteiger partial charge on any atom is -0.268 e. The van der Waals surface area contributed by atoms with Crippen LogP contribution in [0, 0.1) is 6.08 Å². The average Bonchev–Trinajstić information content (AvgIpc) is 3.18. The molecule has 0 spiro atoms. The van der Waals surface area contributed by atoms with E-state index < -0.39 is 0 Å². The van der Waals surface area contributed by atoms with Gasteiger partial charge in [0.1, 0.15) is 9.96 Å². The van der Waals surface area contributed by atoms with Crippen molar-refractivity contribution in [1.82, 2.24) is 4.98 Å². The summed E-state index contributed by atoms with van der Waals surface area (Å²) < 4.78 is 1.23. The smallest absolute Gasteiger partial charge is 0.212 e. The number of para-hydroxylation sites is 3. The first-order valence-corrected chi connectivity index (χ1v) is 11.0. The van der Waals surface area contributed by atoms with Crippen molar-refractivity contribution < 1.29 is 0 Å². The number of rotatable bonds is 3. The lowest BCUT2D eigenvalue weighted by Gasteiger charge is -2.31. The Labute approximate surface area is 177 Å². The summed E-state index contributed by atoms with van der Waals surface area (Å²) in [7, 11) is 0. The van der Waals surface area contributed by atoms with E-state index in [-0.39, 0.29) is 10.9 Å². The minimum atomic E-state index is 0.0202. The van der Waals surface area contributed by atoms with Crippen LogP contribution in [0.4, 0.5) is 11.4 Å². The van der Waals surface area contributed by atoms with Gasteiger partial charge in [0.15, 0.2) is 5.69 Å². The Bertz CT molecular complexity index is 1130. The first-order chi connectivity index (χ1) is 13.7. The van der Waals surface area contributed by atoms with Gasteiger partial charge in [0, 0.05) is 6.07 Å². The molecule has 1 aliphatic rings. The molecule has 0 N–H and O–H groups in total. The Balaban J connectivity index is 1.62. The maximum absolute atomic E-state index is 4.89. The number of hydrogen-bond donors (Lipinski definition) is 0. The highest BCUT2D eigenvalue weighted by Gasteiger charge is 2.38. The number of hydrogen-bond acceptors (Lipinski definition) is 3. The van der Waals surface area contributed by atoms with E-state index in [9.17, 15) is 0 Å². The summed E-state index contributed by atoms with van der Waals surface area (Å²) in [5, 5.41) is 1.13. The largest absolute Gasteiger partial charge is 0.268 e. The van der Waals surface area contributed by atoms with Gasteiger partial charge in [-0.25, -0.2) is 4.98 Å². The van der Waals surface area contributed by atoms with E-state index in [0.717, 1.165) is 27.5 Å². The van der Waals surface area contributed by atoms with Gasteiger partial charge < -0.3 is 0 Å². The van der Waals surface area contributed by atoms with Gasteiger partial charge in [0.2, 0.25) is 5.56 Å². The molecule has 0 fully saturated rings. The van der Waals surface area contributed by atoms with Crippen LogP contribution in [-0.2, 0) is 0 Å². The van der Waals surface area contributed by atoms with Crippen LogP contribution >= 0.6 is 27.3 Å². The number of benzene rings is 3. The molecule has 2 heterocycles. The quantitative estimate of drug-likeness (QED) is 0.190. The molecule has 28 heavy (non-hydrogen) atoms. The average molecular weight is 446 g/mol. The van der Waals surface area contributed by atoms with Crippen LogP contribution in [0.5, 0.6) is 0 Å². The lowest BCUT2D eigenvalue weighted by atomic mass is 9.93. The summed E-state index contributed by atoms with van der Waals surface area (Å²) in [5.41, 5.74) is 5.70. The first kappa shape index (κ1) is 17.6. The van der Waals surface area contributed by atoms with Gasteiger partial charge in [-0.15, -0.1) is 11.3 Å². The van der Waals surface area contributed by atoms with Crippen LogP contribution in [0.3, 0.4) is 0 Å². The normalized spacial score (nSPS) is 17.0.